The Morgan fingerprint density at radius 3 is 2.50 bits per heavy atom. The first kappa shape index (κ1) is 21.4. The fourth-order valence-corrected chi connectivity index (χ4v) is 3.19. The average Bonchev–Trinajstić information content (AvgIpc) is 2.49. The first-order valence-corrected chi connectivity index (χ1v) is 8.76. The first-order valence-electron chi connectivity index (χ1n) is 7.21. The van der Waals surface area contributed by atoms with Gasteiger partial charge in [0.05, 0.1) is 11.1 Å². The molecule has 0 aliphatic heterocycles. The summed E-state index contributed by atoms with van der Waals surface area (Å²) in [6.45, 7) is 3.59. The van der Waals surface area contributed by atoms with E-state index in [0.29, 0.717) is 34.8 Å². The van der Waals surface area contributed by atoms with Gasteiger partial charge in [-0.05, 0) is 59.7 Å². The van der Waals surface area contributed by atoms with E-state index in [1.54, 1.807) is 12.1 Å². The van der Waals surface area contributed by atoms with Crippen LogP contribution in [0.2, 0.25) is 10.0 Å². The zero-order chi connectivity index (χ0) is 16.8. The molecule has 0 aromatic heterocycles. The third kappa shape index (κ3) is 5.71. The summed E-state index contributed by atoms with van der Waals surface area (Å²) in [6.07, 6.45) is 0. The molecule has 0 heterocycles. The number of halogens is 4. The fraction of sp³-hybridized carbons (Fsp3) is 0.294. The maximum Gasteiger partial charge on any atom is 0.175 e. The van der Waals surface area contributed by atoms with Crippen LogP contribution >= 0.6 is 51.5 Å². The SMILES string of the molecule is CCOc1cc(CNC)cc(Br)c1OCc1ccc(Cl)cc1Cl.Cl. The maximum atomic E-state index is 6.19. The predicted molar refractivity (Wildman–Crippen MR) is 106 cm³/mol. The van der Waals surface area contributed by atoms with Crippen molar-refractivity contribution < 1.29 is 9.47 Å². The first-order chi connectivity index (χ1) is 11.0. The molecule has 0 fully saturated rings. The smallest absolute Gasteiger partial charge is 0.175 e. The van der Waals surface area contributed by atoms with E-state index in [1.165, 1.54) is 0 Å². The van der Waals surface area contributed by atoms with E-state index < -0.39 is 0 Å². The molecule has 0 amide bonds. The predicted octanol–water partition coefficient (Wildman–Crippen LogP) is 5.87. The lowest BCUT2D eigenvalue weighted by atomic mass is 10.2. The summed E-state index contributed by atoms with van der Waals surface area (Å²) in [5.41, 5.74) is 1.98. The van der Waals surface area contributed by atoms with Gasteiger partial charge < -0.3 is 14.8 Å². The Morgan fingerprint density at radius 1 is 1.12 bits per heavy atom. The van der Waals surface area contributed by atoms with Gasteiger partial charge >= 0.3 is 0 Å². The average molecular weight is 456 g/mol. The number of rotatable bonds is 7. The van der Waals surface area contributed by atoms with Gasteiger partial charge in [0.1, 0.15) is 6.61 Å². The number of nitrogens with one attached hydrogen (secondary N) is 1. The quantitative estimate of drug-likeness (QED) is 0.566. The van der Waals surface area contributed by atoms with Crippen molar-refractivity contribution in [2.24, 2.45) is 0 Å². The molecule has 0 spiro atoms. The third-order valence-corrected chi connectivity index (χ3v) is 4.31. The Kier molecular flexibility index (Phi) is 9.24. The molecule has 0 aliphatic rings. The second-order valence-electron chi connectivity index (χ2n) is 4.89. The van der Waals surface area contributed by atoms with Gasteiger partial charge in [-0.15, -0.1) is 12.4 Å². The van der Waals surface area contributed by atoms with Crippen molar-refractivity contribution in [3.8, 4) is 11.5 Å². The summed E-state index contributed by atoms with van der Waals surface area (Å²) >= 11 is 15.7. The van der Waals surface area contributed by atoms with Gasteiger partial charge in [-0.1, -0.05) is 29.3 Å². The van der Waals surface area contributed by atoms with Crippen molar-refractivity contribution in [1.82, 2.24) is 5.32 Å². The molecule has 0 bridgehead atoms. The van der Waals surface area contributed by atoms with Gasteiger partial charge in [0, 0.05) is 22.2 Å². The summed E-state index contributed by atoms with van der Waals surface area (Å²) < 4.78 is 12.5. The molecule has 0 radical (unpaired) electrons. The van der Waals surface area contributed by atoms with Gasteiger partial charge in [0.15, 0.2) is 11.5 Å². The summed E-state index contributed by atoms with van der Waals surface area (Å²) in [7, 11) is 1.90. The van der Waals surface area contributed by atoms with Gasteiger partial charge in [0.25, 0.3) is 0 Å². The molecule has 0 saturated carbocycles. The van der Waals surface area contributed by atoms with Gasteiger partial charge in [-0.25, -0.2) is 0 Å². The summed E-state index contributed by atoms with van der Waals surface area (Å²) in [4.78, 5) is 0. The van der Waals surface area contributed by atoms with Gasteiger partial charge in [-0.2, -0.15) is 0 Å². The molecule has 2 aromatic rings. The van der Waals surface area contributed by atoms with Crippen molar-refractivity contribution in [3.05, 3.63) is 56.0 Å². The summed E-state index contributed by atoms with van der Waals surface area (Å²) in [5.74, 6) is 1.37. The Bertz CT molecular complexity index is 683. The van der Waals surface area contributed by atoms with Gasteiger partial charge in [0.2, 0.25) is 0 Å². The van der Waals surface area contributed by atoms with Crippen LogP contribution in [0.4, 0.5) is 0 Å². The number of ether oxygens (including phenoxy) is 2. The molecule has 0 atom stereocenters. The van der Waals surface area contributed by atoms with E-state index in [1.807, 2.05) is 32.2 Å². The molecule has 0 unspecified atom stereocenters. The lowest BCUT2D eigenvalue weighted by Crippen LogP contribution is -2.07. The summed E-state index contributed by atoms with van der Waals surface area (Å²) in [5, 5.41) is 4.31. The second-order valence-corrected chi connectivity index (χ2v) is 6.59. The Hall–Kier alpha value is -0.650. The maximum absolute atomic E-state index is 6.19. The minimum atomic E-state index is 0. The third-order valence-electron chi connectivity index (χ3n) is 3.14. The van der Waals surface area contributed by atoms with Gasteiger partial charge in [-0.3, -0.25) is 0 Å². The van der Waals surface area contributed by atoms with E-state index in [4.69, 9.17) is 32.7 Å². The molecule has 0 aliphatic carbocycles. The second kappa shape index (κ2) is 10.4. The standard InChI is InChI=1S/C17H18BrCl2NO2.ClH/c1-3-22-16-7-11(9-21-2)6-14(18)17(16)23-10-12-4-5-13(19)8-15(12)20;/h4-8,21H,3,9-10H2,1-2H3;1H. The minimum Gasteiger partial charge on any atom is -0.490 e. The Labute approximate surface area is 167 Å². The molecule has 2 rings (SSSR count). The van der Waals surface area contributed by atoms with E-state index >= 15 is 0 Å². The molecule has 0 saturated heterocycles. The van der Waals surface area contributed by atoms with Crippen LogP contribution in [-0.2, 0) is 13.2 Å². The monoisotopic (exact) mass is 453 g/mol. The fourth-order valence-electron chi connectivity index (χ4n) is 2.12. The largest absolute Gasteiger partial charge is 0.490 e. The number of hydrogen-bond donors (Lipinski definition) is 1. The van der Waals surface area contributed by atoms with E-state index in [2.05, 4.69) is 21.2 Å². The number of benzene rings is 2. The van der Waals surface area contributed by atoms with Crippen LogP contribution in [-0.4, -0.2) is 13.7 Å². The highest BCUT2D eigenvalue weighted by Crippen LogP contribution is 2.38. The van der Waals surface area contributed by atoms with Crippen LogP contribution in [0.15, 0.2) is 34.8 Å². The molecule has 24 heavy (non-hydrogen) atoms. The van der Waals surface area contributed by atoms with Crippen LogP contribution < -0.4 is 14.8 Å². The van der Waals surface area contributed by atoms with Crippen molar-refractivity contribution in [2.45, 2.75) is 20.1 Å². The molecule has 2 aromatic carbocycles. The zero-order valence-corrected chi connectivity index (χ0v) is 17.3. The van der Waals surface area contributed by atoms with Crippen LogP contribution in [0, 0.1) is 0 Å². The van der Waals surface area contributed by atoms with E-state index in [-0.39, 0.29) is 12.4 Å². The molecule has 132 valence electrons. The Morgan fingerprint density at radius 2 is 1.88 bits per heavy atom. The highest BCUT2D eigenvalue weighted by Gasteiger charge is 2.13. The lowest BCUT2D eigenvalue weighted by molar-refractivity contribution is 0.267. The molecular formula is C17H19BrCl3NO2. The molecule has 3 nitrogen and oxygen atoms in total. The van der Waals surface area contributed by atoms with Crippen molar-refractivity contribution in [3.63, 3.8) is 0 Å². The molecule has 7 heteroatoms. The minimum absolute atomic E-state index is 0. The van der Waals surface area contributed by atoms with Crippen molar-refractivity contribution in [1.29, 1.82) is 0 Å². The van der Waals surface area contributed by atoms with Crippen molar-refractivity contribution >= 4 is 51.5 Å². The highest BCUT2D eigenvalue weighted by molar-refractivity contribution is 9.10. The van der Waals surface area contributed by atoms with Crippen LogP contribution in [0.5, 0.6) is 11.5 Å². The van der Waals surface area contributed by atoms with Crippen molar-refractivity contribution in [2.75, 3.05) is 13.7 Å². The van der Waals surface area contributed by atoms with E-state index in [9.17, 15) is 0 Å². The molecular weight excluding hydrogens is 436 g/mol. The summed E-state index contributed by atoms with van der Waals surface area (Å²) in [6, 6.07) is 9.34. The lowest BCUT2D eigenvalue weighted by Gasteiger charge is -2.16. The Balaban J connectivity index is 0.00000288. The topological polar surface area (TPSA) is 30.5 Å². The van der Waals surface area contributed by atoms with Crippen LogP contribution in [0.3, 0.4) is 0 Å². The highest BCUT2D eigenvalue weighted by atomic mass is 79.9. The van der Waals surface area contributed by atoms with E-state index in [0.717, 1.165) is 22.1 Å². The number of hydrogen-bond acceptors (Lipinski definition) is 3. The normalized spacial score (nSPS) is 10.2. The van der Waals surface area contributed by atoms with Crippen LogP contribution in [0.25, 0.3) is 0 Å². The van der Waals surface area contributed by atoms with Crippen LogP contribution in [0.1, 0.15) is 18.1 Å². The zero-order valence-electron chi connectivity index (χ0n) is 13.4. The molecule has 1 N–H and O–H groups in total.